The number of halogens is 1. The van der Waals surface area contributed by atoms with Crippen LogP contribution in [0.3, 0.4) is 0 Å². The zero-order valence-electron chi connectivity index (χ0n) is 16.3. The second-order valence-electron chi connectivity index (χ2n) is 7.20. The van der Waals surface area contributed by atoms with Gasteiger partial charge in [-0.3, -0.25) is 9.69 Å². The highest BCUT2D eigenvalue weighted by atomic mass is 32.2. The number of anilines is 1. The summed E-state index contributed by atoms with van der Waals surface area (Å²) in [5.41, 5.74) is 1.97. The number of likely N-dealkylation sites (tertiary alicyclic amines) is 1. The van der Waals surface area contributed by atoms with Gasteiger partial charge in [0.1, 0.15) is 11.5 Å². The maximum atomic E-state index is 13.4. The van der Waals surface area contributed by atoms with Crippen molar-refractivity contribution >= 4 is 34.6 Å². The molecule has 6 heteroatoms. The minimum atomic E-state index is -0.323. The fourth-order valence-electron chi connectivity index (χ4n) is 3.57. The standard InChI is InChI=1S/C23H24FN3OS/c24-19-9-11-20(12-10-19)27-22(28)21(17-18-7-3-1-4-8-18)25-23(27)29-16-15-26-13-5-2-6-14-26/h1,3-4,7-12,17H,2,5-6,13-16H2/b21-17-. The summed E-state index contributed by atoms with van der Waals surface area (Å²) in [5, 5.41) is 0.654. The molecule has 0 aromatic heterocycles. The van der Waals surface area contributed by atoms with E-state index in [-0.39, 0.29) is 11.7 Å². The van der Waals surface area contributed by atoms with Crippen LogP contribution in [0, 0.1) is 5.82 Å². The number of aliphatic imine (C=N–C) groups is 1. The molecular formula is C23H24FN3OS. The summed E-state index contributed by atoms with van der Waals surface area (Å²) < 4.78 is 13.4. The molecule has 2 heterocycles. The largest absolute Gasteiger partial charge is 0.303 e. The van der Waals surface area contributed by atoms with Crippen LogP contribution in [0.2, 0.25) is 0 Å². The summed E-state index contributed by atoms with van der Waals surface area (Å²) in [6.45, 7) is 3.27. The van der Waals surface area contributed by atoms with Crippen LogP contribution in [0.15, 0.2) is 65.3 Å². The zero-order chi connectivity index (χ0) is 20.1. The number of rotatable bonds is 5. The number of benzene rings is 2. The molecular weight excluding hydrogens is 385 g/mol. The first-order chi connectivity index (χ1) is 14.2. The molecule has 150 valence electrons. The first-order valence-corrected chi connectivity index (χ1v) is 11.0. The molecule has 0 spiro atoms. The molecule has 2 aliphatic heterocycles. The van der Waals surface area contributed by atoms with Crippen LogP contribution >= 0.6 is 11.8 Å². The van der Waals surface area contributed by atoms with E-state index >= 15 is 0 Å². The van der Waals surface area contributed by atoms with Crippen molar-refractivity contribution in [1.29, 1.82) is 0 Å². The molecule has 0 atom stereocenters. The molecule has 1 saturated heterocycles. The molecule has 0 radical (unpaired) electrons. The van der Waals surface area contributed by atoms with E-state index in [1.54, 1.807) is 34.9 Å². The lowest BCUT2D eigenvalue weighted by molar-refractivity contribution is -0.113. The number of piperidine rings is 1. The van der Waals surface area contributed by atoms with Gasteiger partial charge in [-0.2, -0.15) is 0 Å². The van der Waals surface area contributed by atoms with E-state index in [9.17, 15) is 9.18 Å². The number of carbonyl (C=O) groups is 1. The van der Waals surface area contributed by atoms with Crippen molar-refractivity contribution in [2.45, 2.75) is 19.3 Å². The minimum absolute atomic E-state index is 0.180. The van der Waals surface area contributed by atoms with Crippen LogP contribution in [0.5, 0.6) is 0 Å². The van der Waals surface area contributed by atoms with Gasteiger partial charge in [0, 0.05) is 12.3 Å². The summed E-state index contributed by atoms with van der Waals surface area (Å²) in [4.78, 5) is 21.8. The second-order valence-corrected chi connectivity index (χ2v) is 8.26. The van der Waals surface area contributed by atoms with Gasteiger partial charge >= 0.3 is 0 Å². The van der Waals surface area contributed by atoms with Crippen molar-refractivity contribution in [1.82, 2.24) is 4.90 Å². The number of nitrogens with zero attached hydrogens (tertiary/aromatic N) is 3. The topological polar surface area (TPSA) is 35.9 Å². The summed E-state index contributed by atoms with van der Waals surface area (Å²) >= 11 is 1.58. The predicted octanol–water partition coefficient (Wildman–Crippen LogP) is 4.79. The van der Waals surface area contributed by atoms with Crippen molar-refractivity contribution in [2.75, 3.05) is 30.3 Å². The Hall–Kier alpha value is -2.44. The van der Waals surface area contributed by atoms with Gasteiger partial charge in [0.2, 0.25) is 0 Å². The Labute approximate surface area is 175 Å². The molecule has 0 N–H and O–H groups in total. The maximum Gasteiger partial charge on any atom is 0.283 e. The van der Waals surface area contributed by atoms with Gasteiger partial charge in [0.05, 0.1) is 5.69 Å². The number of hydrogen-bond donors (Lipinski definition) is 0. The van der Waals surface area contributed by atoms with Crippen LogP contribution in [-0.4, -0.2) is 41.4 Å². The zero-order valence-corrected chi connectivity index (χ0v) is 17.1. The molecule has 2 aromatic rings. The first kappa shape index (κ1) is 19.9. The lowest BCUT2D eigenvalue weighted by Crippen LogP contribution is -2.33. The average molecular weight is 410 g/mol. The molecule has 2 aromatic carbocycles. The van der Waals surface area contributed by atoms with Gasteiger partial charge in [0.15, 0.2) is 5.17 Å². The Kier molecular flexibility index (Phi) is 6.42. The van der Waals surface area contributed by atoms with Gasteiger partial charge in [0.25, 0.3) is 5.91 Å². The average Bonchev–Trinajstić information content (AvgIpc) is 3.05. The number of amidine groups is 1. The fraction of sp³-hybridized carbons (Fsp3) is 0.304. The van der Waals surface area contributed by atoms with Crippen LogP contribution in [-0.2, 0) is 4.79 Å². The Bertz CT molecular complexity index is 905. The highest BCUT2D eigenvalue weighted by Crippen LogP contribution is 2.29. The van der Waals surface area contributed by atoms with Crippen molar-refractivity contribution in [3.8, 4) is 0 Å². The SMILES string of the molecule is O=C1/C(=C/c2ccccc2)N=C(SCCN2CCCCC2)N1c1ccc(F)cc1. The number of thioether (sulfide) groups is 1. The van der Waals surface area contributed by atoms with Crippen molar-refractivity contribution < 1.29 is 9.18 Å². The lowest BCUT2D eigenvalue weighted by atomic mass is 10.1. The van der Waals surface area contributed by atoms with E-state index in [0.29, 0.717) is 16.6 Å². The minimum Gasteiger partial charge on any atom is -0.303 e. The van der Waals surface area contributed by atoms with E-state index in [0.717, 1.165) is 31.0 Å². The monoisotopic (exact) mass is 409 g/mol. The third-order valence-electron chi connectivity index (χ3n) is 5.10. The van der Waals surface area contributed by atoms with Crippen LogP contribution in [0.25, 0.3) is 6.08 Å². The Morgan fingerprint density at radius 2 is 1.72 bits per heavy atom. The Balaban J connectivity index is 1.54. The van der Waals surface area contributed by atoms with Crippen molar-refractivity contribution in [3.05, 3.63) is 71.7 Å². The van der Waals surface area contributed by atoms with Gasteiger partial charge in [-0.15, -0.1) is 0 Å². The van der Waals surface area contributed by atoms with E-state index in [4.69, 9.17) is 0 Å². The van der Waals surface area contributed by atoms with Gasteiger partial charge in [-0.05, 0) is 61.8 Å². The van der Waals surface area contributed by atoms with Gasteiger partial charge in [-0.1, -0.05) is 48.5 Å². The number of carbonyl (C=O) groups excluding carboxylic acids is 1. The van der Waals surface area contributed by atoms with Crippen LogP contribution in [0.4, 0.5) is 10.1 Å². The normalized spacial score (nSPS) is 19.1. The Morgan fingerprint density at radius 1 is 1.00 bits per heavy atom. The smallest absolute Gasteiger partial charge is 0.283 e. The van der Waals surface area contributed by atoms with Crippen molar-refractivity contribution in [3.63, 3.8) is 0 Å². The molecule has 4 nitrogen and oxygen atoms in total. The lowest BCUT2D eigenvalue weighted by Gasteiger charge is -2.26. The fourth-order valence-corrected chi connectivity index (χ4v) is 4.58. The van der Waals surface area contributed by atoms with E-state index < -0.39 is 0 Å². The summed E-state index contributed by atoms with van der Waals surface area (Å²) in [7, 11) is 0. The summed E-state index contributed by atoms with van der Waals surface area (Å²) in [6.07, 6.45) is 5.64. The van der Waals surface area contributed by atoms with E-state index in [1.807, 2.05) is 30.3 Å². The maximum absolute atomic E-state index is 13.4. The van der Waals surface area contributed by atoms with Gasteiger partial charge in [-0.25, -0.2) is 9.38 Å². The quantitative estimate of drug-likeness (QED) is 0.666. The van der Waals surface area contributed by atoms with Crippen molar-refractivity contribution in [2.24, 2.45) is 4.99 Å². The second kappa shape index (κ2) is 9.37. The van der Waals surface area contributed by atoms with Crippen LogP contribution < -0.4 is 4.90 Å². The van der Waals surface area contributed by atoms with Crippen LogP contribution in [0.1, 0.15) is 24.8 Å². The number of amides is 1. The van der Waals surface area contributed by atoms with Gasteiger partial charge < -0.3 is 4.90 Å². The molecule has 0 saturated carbocycles. The Morgan fingerprint density at radius 3 is 2.45 bits per heavy atom. The molecule has 2 aliphatic rings. The molecule has 0 bridgehead atoms. The molecule has 4 rings (SSSR count). The third-order valence-corrected chi connectivity index (χ3v) is 6.02. The van der Waals surface area contributed by atoms with E-state index in [2.05, 4.69) is 9.89 Å². The molecule has 29 heavy (non-hydrogen) atoms. The molecule has 1 fully saturated rings. The van der Waals surface area contributed by atoms with E-state index in [1.165, 1.54) is 31.4 Å². The highest BCUT2D eigenvalue weighted by Gasteiger charge is 2.32. The summed E-state index contributed by atoms with van der Waals surface area (Å²) in [6, 6.07) is 15.7. The third kappa shape index (κ3) is 4.95. The summed E-state index contributed by atoms with van der Waals surface area (Å²) in [5.74, 6) is 0.361. The molecule has 1 amide bonds. The first-order valence-electron chi connectivity index (χ1n) is 10.0. The highest BCUT2D eigenvalue weighted by molar-refractivity contribution is 8.14. The number of hydrogen-bond acceptors (Lipinski definition) is 4. The molecule has 0 aliphatic carbocycles. The molecule has 0 unspecified atom stereocenters. The predicted molar refractivity (Wildman–Crippen MR) is 118 cm³/mol.